The molecule has 0 radical (unpaired) electrons. The third-order valence-corrected chi connectivity index (χ3v) is 5.56. The second-order valence-electron chi connectivity index (χ2n) is 4.47. The van der Waals surface area contributed by atoms with Crippen molar-refractivity contribution in [3.05, 3.63) is 62.8 Å². The van der Waals surface area contributed by atoms with Crippen LogP contribution in [0.1, 0.15) is 18.5 Å². The van der Waals surface area contributed by atoms with Gasteiger partial charge in [-0.1, -0.05) is 28.1 Å². The highest BCUT2D eigenvalue weighted by atomic mass is 79.9. The van der Waals surface area contributed by atoms with Crippen LogP contribution in [0.4, 0.5) is 4.39 Å². The van der Waals surface area contributed by atoms with Crippen molar-refractivity contribution < 1.29 is 12.8 Å². The lowest BCUT2D eigenvalue weighted by atomic mass is 10.1. The van der Waals surface area contributed by atoms with E-state index in [2.05, 4.69) is 36.6 Å². The maximum absolute atomic E-state index is 13.5. The molecule has 0 fully saturated rings. The van der Waals surface area contributed by atoms with Crippen LogP contribution < -0.4 is 4.72 Å². The molecule has 2 rings (SSSR count). The summed E-state index contributed by atoms with van der Waals surface area (Å²) in [5.41, 5.74) is 0.811. The molecule has 1 atom stereocenters. The van der Waals surface area contributed by atoms with Crippen molar-refractivity contribution in [1.29, 1.82) is 0 Å². The van der Waals surface area contributed by atoms with Crippen molar-refractivity contribution in [1.82, 2.24) is 4.72 Å². The summed E-state index contributed by atoms with van der Waals surface area (Å²) in [5.74, 6) is -0.618. The van der Waals surface area contributed by atoms with E-state index in [4.69, 9.17) is 0 Å². The average Bonchev–Trinajstić information content (AvgIpc) is 2.41. The highest BCUT2D eigenvalue weighted by Gasteiger charge is 2.19. The van der Waals surface area contributed by atoms with Gasteiger partial charge < -0.3 is 0 Å². The summed E-state index contributed by atoms with van der Waals surface area (Å²) >= 11 is 6.34. The lowest BCUT2D eigenvalue weighted by Crippen LogP contribution is -2.27. The number of benzene rings is 2. The van der Waals surface area contributed by atoms with E-state index in [1.807, 2.05) is 24.3 Å². The van der Waals surface area contributed by atoms with E-state index in [0.717, 1.165) is 16.1 Å². The molecule has 0 amide bonds. The number of hydrogen-bond donors (Lipinski definition) is 1. The Labute approximate surface area is 139 Å². The molecular weight excluding hydrogens is 425 g/mol. The molecule has 1 N–H and O–H groups in total. The van der Waals surface area contributed by atoms with Gasteiger partial charge >= 0.3 is 0 Å². The summed E-state index contributed by atoms with van der Waals surface area (Å²) in [7, 11) is -3.79. The summed E-state index contributed by atoms with van der Waals surface area (Å²) in [6.45, 7) is 1.73. The molecule has 0 spiro atoms. The monoisotopic (exact) mass is 435 g/mol. The van der Waals surface area contributed by atoms with Crippen LogP contribution in [0, 0.1) is 5.82 Å². The summed E-state index contributed by atoms with van der Waals surface area (Å²) in [5, 5.41) is 0. The lowest BCUT2D eigenvalue weighted by molar-refractivity contribution is 0.563. The number of rotatable bonds is 4. The van der Waals surface area contributed by atoms with Gasteiger partial charge in [0, 0.05) is 10.5 Å². The molecular formula is C14H12Br2FNO2S. The van der Waals surface area contributed by atoms with Crippen molar-refractivity contribution in [2.75, 3.05) is 0 Å². The van der Waals surface area contributed by atoms with E-state index in [9.17, 15) is 12.8 Å². The van der Waals surface area contributed by atoms with Crippen LogP contribution in [-0.4, -0.2) is 8.42 Å². The molecule has 1 unspecified atom stereocenters. The molecule has 0 aliphatic carbocycles. The van der Waals surface area contributed by atoms with Crippen LogP contribution in [0.2, 0.25) is 0 Å². The Balaban J connectivity index is 2.26. The average molecular weight is 437 g/mol. The maximum atomic E-state index is 13.5. The van der Waals surface area contributed by atoms with Gasteiger partial charge in [-0.15, -0.1) is 0 Å². The molecule has 0 saturated heterocycles. The number of hydrogen-bond acceptors (Lipinski definition) is 2. The van der Waals surface area contributed by atoms with Crippen molar-refractivity contribution >= 4 is 41.9 Å². The minimum atomic E-state index is -3.79. The van der Waals surface area contributed by atoms with Gasteiger partial charge in [-0.25, -0.2) is 17.5 Å². The Morgan fingerprint density at radius 3 is 2.48 bits per heavy atom. The van der Waals surface area contributed by atoms with Crippen LogP contribution >= 0.6 is 31.9 Å². The van der Waals surface area contributed by atoms with Gasteiger partial charge in [-0.2, -0.15) is 0 Å². The maximum Gasteiger partial charge on any atom is 0.241 e. The van der Waals surface area contributed by atoms with E-state index in [1.54, 1.807) is 6.92 Å². The molecule has 0 saturated carbocycles. The highest BCUT2D eigenvalue weighted by Crippen LogP contribution is 2.22. The first-order valence-electron chi connectivity index (χ1n) is 6.02. The third kappa shape index (κ3) is 4.12. The van der Waals surface area contributed by atoms with Crippen LogP contribution in [-0.2, 0) is 10.0 Å². The first-order valence-corrected chi connectivity index (χ1v) is 9.09. The van der Waals surface area contributed by atoms with Gasteiger partial charge in [0.25, 0.3) is 0 Å². The molecule has 2 aromatic carbocycles. The molecule has 0 heterocycles. The van der Waals surface area contributed by atoms with E-state index in [1.165, 1.54) is 12.1 Å². The van der Waals surface area contributed by atoms with Gasteiger partial charge in [0.05, 0.1) is 9.37 Å². The van der Waals surface area contributed by atoms with Crippen molar-refractivity contribution in [3.63, 3.8) is 0 Å². The van der Waals surface area contributed by atoms with E-state index in [-0.39, 0.29) is 9.37 Å². The quantitative estimate of drug-likeness (QED) is 0.772. The summed E-state index contributed by atoms with van der Waals surface area (Å²) in [4.78, 5) is -0.106. The van der Waals surface area contributed by atoms with Crippen LogP contribution in [0.3, 0.4) is 0 Å². The van der Waals surface area contributed by atoms with Crippen molar-refractivity contribution in [3.8, 4) is 0 Å². The molecule has 21 heavy (non-hydrogen) atoms. The standard InChI is InChI=1S/C14H12Br2FNO2S/c1-9(10-3-2-4-11(15)7-10)18-21(19,20)12-5-6-13(16)14(17)8-12/h2-9,18H,1H3. The normalized spacial score (nSPS) is 13.1. The molecule has 7 heteroatoms. The molecule has 0 aromatic heterocycles. The zero-order chi connectivity index (χ0) is 15.6. The Kier molecular flexibility index (Phi) is 5.19. The molecule has 2 aromatic rings. The zero-order valence-electron chi connectivity index (χ0n) is 11.0. The van der Waals surface area contributed by atoms with Gasteiger partial charge in [0.2, 0.25) is 10.0 Å². The minimum absolute atomic E-state index is 0.106. The fraction of sp³-hybridized carbons (Fsp3) is 0.143. The largest absolute Gasteiger partial charge is 0.241 e. The Morgan fingerprint density at radius 2 is 1.86 bits per heavy atom. The fourth-order valence-electron chi connectivity index (χ4n) is 1.79. The van der Waals surface area contributed by atoms with Crippen LogP contribution in [0.5, 0.6) is 0 Å². The highest BCUT2D eigenvalue weighted by molar-refractivity contribution is 9.10. The molecule has 0 aliphatic rings. The Morgan fingerprint density at radius 1 is 1.14 bits per heavy atom. The predicted octanol–water partition coefficient (Wildman–Crippen LogP) is 4.39. The number of sulfonamides is 1. The molecule has 0 aliphatic heterocycles. The van der Waals surface area contributed by atoms with Crippen molar-refractivity contribution in [2.45, 2.75) is 17.9 Å². The minimum Gasteiger partial charge on any atom is -0.207 e. The third-order valence-electron chi connectivity index (χ3n) is 2.88. The topological polar surface area (TPSA) is 46.2 Å². The van der Waals surface area contributed by atoms with Crippen LogP contribution in [0.15, 0.2) is 56.3 Å². The second-order valence-corrected chi connectivity index (χ2v) is 7.96. The van der Waals surface area contributed by atoms with Gasteiger partial charge in [0.1, 0.15) is 5.82 Å². The SMILES string of the molecule is CC(NS(=O)(=O)c1ccc(Br)c(F)c1)c1cccc(Br)c1. The molecule has 112 valence electrons. The molecule has 0 bridgehead atoms. The van der Waals surface area contributed by atoms with Crippen molar-refractivity contribution in [2.24, 2.45) is 0 Å². The Hall–Kier alpha value is -0.760. The first kappa shape index (κ1) is 16.6. The van der Waals surface area contributed by atoms with E-state index >= 15 is 0 Å². The van der Waals surface area contributed by atoms with E-state index < -0.39 is 21.9 Å². The predicted molar refractivity (Wildman–Crippen MR) is 87.0 cm³/mol. The van der Waals surface area contributed by atoms with E-state index in [0.29, 0.717) is 0 Å². The second kappa shape index (κ2) is 6.56. The molecule has 3 nitrogen and oxygen atoms in total. The number of halogens is 3. The van der Waals surface area contributed by atoms with Gasteiger partial charge in [-0.3, -0.25) is 0 Å². The van der Waals surface area contributed by atoms with Gasteiger partial charge in [0.15, 0.2) is 0 Å². The summed E-state index contributed by atoms with van der Waals surface area (Å²) in [6, 6.07) is 10.6. The van der Waals surface area contributed by atoms with Gasteiger partial charge in [-0.05, 0) is 58.7 Å². The summed E-state index contributed by atoms with van der Waals surface area (Å²) < 4.78 is 41.6. The smallest absolute Gasteiger partial charge is 0.207 e. The zero-order valence-corrected chi connectivity index (χ0v) is 15.0. The first-order chi connectivity index (χ1) is 9.79. The van der Waals surface area contributed by atoms with Crippen LogP contribution in [0.25, 0.3) is 0 Å². The number of nitrogens with one attached hydrogen (secondary N) is 1. The fourth-order valence-corrected chi connectivity index (χ4v) is 3.70. The summed E-state index contributed by atoms with van der Waals surface area (Å²) in [6.07, 6.45) is 0. The lowest BCUT2D eigenvalue weighted by Gasteiger charge is -2.15. The Bertz CT molecular complexity index is 765.